The quantitative estimate of drug-likeness (QED) is 0.446. The second kappa shape index (κ2) is 9.24. The molecular weight excluding hydrogens is 414 g/mol. The molecule has 33 heavy (non-hydrogen) atoms. The zero-order valence-electron chi connectivity index (χ0n) is 18.5. The number of hydrogen-bond donors (Lipinski definition) is 0. The van der Waals surface area contributed by atoms with Crippen LogP contribution in [-0.2, 0) is 6.54 Å². The number of methoxy groups -OCH3 is 1. The van der Waals surface area contributed by atoms with Gasteiger partial charge in [0.15, 0.2) is 5.82 Å². The molecule has 0 radical (unpaired) electrons. The molecule has 0 unspecified atom stereocenters. The SMILES string of the molecule is COc1ccc(-c2nccc([C@@H]3CCCN3C(=O)c3cccc(Cn4ccnc4)c3)n2)cc1. The molecule has 3 heterocycles. The van der Waals surface area contributed by atoms with E-state index >= 15 is 0 Å². The Hall–Kier alpha value is -4.00. The summed E-state index contributed by atoms with van der Waals surface area (Å²) in [6.07, 6.45) is 9.06. The molecule has 0 N–H and O–H groups in total. The van der Waals surface area contributed by atoms with Gasteiger partial charge in [-0.3, -0.25) is 4.79 Å². The van der Waals surface area contributed by atoms with Crippen molar-refractivity contribution in [2.24, 2.45) is 0 Å². The van der Waals surface area contributed by atoms with E-state index in [1.54, 1.807) is 25.8 Å². The molecule has 1 aliphatic rings. The average molecular weight is 440 g/mol. The van der Waals surface area contributed by atoms with Crippen LogP contribution >= 0.6 is 0 Å². The van der Waals surface area contributed by atoms with E-state index in [0.29, 0.717) is 17.9 Å². The van der Waals surface area contributed by atoms with Gasteiger partial charge in [-0.25, -0.2) is 15.0 Å². The number of carbonyl (C=O) groups excluding carboxylic acids is 1. The van der Waals surface area contributed by atoms with Crippen molar-refractivity contribution in [2.75, 3.05) is 13.7 Å². The van der Waals surface area contributed by atoms with E-state index in [9.17, 15) is 4.79 Å². The first-order chi connectivity index (χ1) is 16.2. The van der Waals surface area contributed by atoms with E-state index in [0.717, 1.165) is 42.0 Å². The lowest BCUT2D eigenvalue weighted by atomic mass is 10.1. The fourth-order valence-electron chi connectivity index (χ4n) is 4.31. The Bertz CT molecular complexity index is 1240. The van der Waals surface area contributed by atoms with E-state index in [-0.39, 0.29) is 11.9 Å². The van der Waals surface area contributed by atoms with Gasteiger partial charge in [0.1, 0.15) is 5.75 Å². The average Bonchev–Trinajstić information content (AvgIpc) is 3.56. The first kappa shape index (κ1) is 20.9. The van der Waals surface area contributed by atoms with Gasteiger partial charge in [0.2, 0.25) is 0 Å². The maximum atomic E-state index is 13.5. The molecule has 1 aliphatic heterocycles. The Balaban J connectivity index is 1.37. The summed E-state index contributed by atoms with van der Waals surface area (Å²) in [6.45, 7) is 1.40. The van der Waals surface area contributed by atoms with Gasteiger partial charge < -0.3 is 14.2 Å². The van der Waals surface area contributed by atoms with Gasteiger partial charge in [-0.05, 0) is 60.9 Å². The number of rotatable bonds is 6. The van der Waals surface area contributed by atoms with Crippen LogP contribution in [0, 0.1) is 0 Å². The third-order valence-corrected chi connectivity index (χ3v) is 5.98. The van der Waals surface area contributed by atoms with E-state index in [1.165, 1.54) is 0 Å². The molecule has 2 aromatic carbocycles. The monoisotopic (exact) mass is 439 g/mol. The maximum Gasteiger partial charge on any atom is 0.254 e. The van der Waals surface area contributed by atoms with Crippen molar-refractivity contribution in [3.05, 3.63) is 96.3 Å². The highest BCUT2D eigenvalue weighted by Crippen LogP contribution is 2.33. The third-order valence-electron chi connectivity index (χ3n) is 5.98. The number of amides is 1. The Labute approximate surface area is 192 Å². The van der Waals surface area contributed by atoms with Crippen molar-refractivity contribution in [1.82, 2.24) is 24.4 Å². The number of likely N-dealkylation sites (tertiary alicyclic amines) is 1. The van der Waals surface area contributed by atoms with Crippen LogP contribution in [0.4, 0.5) is 0 Å². The molecule has 0 aliphatic carbocycles. The fraction of sp³-hybridized carbons (Fsp3) is 0.231. The first-order valence-electron chi connectivity index (χ1n) is 11.0. The molecule has 1 atom stereocenters. The number of aromatic nitrogens is 4. The molecule has 1 saturated heterocycles. The fourth-order valence-corrected chi connectivity index (χ4v) is 4.31. The van der Waals surface area contributed by atoms with Crippen LogP contribution in [0.25, 0.3) is 11.4 Å². The second-order valence-corrected chi connectivity index (χ2v) is 8.13. The van der Waals surface area contributed by atoms with E-state index in [2.05, 4.69) is 9.97 Å². The highest BCUT2D eigenvalue weighted by molar-refractivity contribution is 5.94. The third kappa shape index (κ3) is 4.48. The summed E-state index contributed by atoms with van der Waals surface area (Å²) in [5.41, 5.74) is 3.55. The number of hydrogen-bond acceptors (Lipinski definition) is 5. The van der Waals surface area contributed by atoms with Crippen LogP contribution in [0.1, 0.15) is 40.5 Å². The molecule has 7 nitrogen and oxygen atoms in total. The van der Waals surface area contributed by atoms with Crippen molar-refractivity contribution in [1.29, 1.82) is 0 Å². The van der Waals surface area contributed by atoms with E-state index in [4.69, 9.17) is 9.72 Å². The predicted octanol–water partition coefficient (Wildman–Crippen LogP) is 4.37. The van der Waals surface area contributed by atoms with Gasteiger partial charge in [-0.15, -0.1) is 0 Å². The molecular formula is C26H25N5O2. The van der Waals surface area contributed by atoms with Crippen molar-refractivity contribution >= 4 is 5.91 Å². The van der Waals surface area contributed by atoms with Crippen LogP contribution in [0.15, 0.2) is 79.5 Å². The molecule has 0 spiro atoms. The normalized spacial score (nSPS) is 15.5. The summed E-state index contributed by atoms with van der Waals surface area (Å²) in [6, 6.07) is 17.4. The molecule has 0 saturated carbocycles. The summed E-state index contributed by atoms with van der Waals surface area (Å²) in [4.78, 5) is 28.8. The van der Waals surface area contributed by atoms with Crippen LogP contribution in [0.2, 0.25) is 0 Å². The summed E-state index contributed by atoms with van der Waals surface area (Å²) < 4.78 is 7.23. The zero-order chi connectivity index (χ0) is 22.6. The summed E-state index contributed by atoms with van der Waals surface area (Å²) in [5.74, 6) is 1.48. The minimum atomic E-state index is -0.0604. The van der Waals surface area contributed by atoms with Crippen LogP contribution in [0.3, 0.4) is 0 Å². The lowest BCUT2D eigenvalue weighted by Crippen LogP contribution is -2.31. The molecule has 7 heteroatoms. The van der Waals surface area contributed by atoms with E-state index < -0.39 is 0 Å². The number of nitrogens with zero attached hydrogens (tertiary/aromatic N) is 5. The Morgan fingerprint density at radius 2 is 2.00 bits per heavy atom. The Morgan fingerprint density at radius 1 is 1.12 bits per heavy atom. The van der Waals surface area contributed by atoms with Gasteiger partial charge in [-0.1, -0.05) is 12.1 Å². The standard InChI is InChI=1S/C26H25N5O2/c1-33-22-9-7-20(8-10-22)25-28-12-11-23(29-25)24-6-3-14-31(24)26(32)21-5-2-4-19(16-21)17-30-15-13-27-18-30/h2,4-5,7-13,15-16,18,24H,3,6,14,17H2,1H3/t24-/m0/s1. The minimum absolute atomic E-state index is 0.0367. The highest BCUT2D eigenvalue weighted by atomic mass is 16.5. The number of carbonyl (C=O) groups is 1. The minimum Gasteiger partial charge on any atom is -0.497 e. The van der Waals surface area contributed by atoms with Crippen LogP contribution < -0.4 is 4.74 Å². The lowest BCUT2D eigenvalue weighted by Gasteiger charge is -2.25. The van der Waals surface area contributed by atoms with Crippen LogP contribution in [0.5, 0.6) is 5.75 Å². The number of imidazole rings is 1. The Morgan fingerprint density at radius 3 is 2.79 bits per heavy atom. The molecule has 0 bridgehead atoms. The molecule has 1 fully saturated rings. The van der Waals surface area contributed by atoms with Gasteiger partial charge in [0.25, 0.3) is 5.91 Å². The Kier molecular flexibility index (Phi) is 5.85. The van der Waals surface area contributed by atoms with E-state index in [1.807, 2.05) is 70.3 Å². The second-order valence-electron chi connectivity index (χ2n) is 8.13. The molecule has 166 valence electrons. The summed E-state index contributed by atoms with van der Waals surface area (Å²) >= 11 is 0. The van der Waals surface area contributed by atoms with Gasteiger partial charge in [-0.2, -0.15) is 0 Å². The molecule has 1 amide bonds. The lowest BCUT2D eigenvalue weighted by molar-refractivity contribution is 0.0732. The van der Waals surface area contributed by atoms with Crippen molar-refractivity contribution in [3.8, 4) is 17.1 Å². The molecule has 5 rings (SSSR count). The maximum absolute atomic E-state index is 13.5. The summed E-state index contributed by atoms with van der Waals surface area (Å²) in [7, 11) is 1.64. The van der Waals surface area contributed by atoms with Crippen LogP contribution in [-0.4, -0.2) is 44.0 Å². The smallest absolute Gasteiger partial charge is 0.254 e. The topological polar surface area (TPSA) is 73.1 Å². The number of ether oxygens (including phenoxy) is 1. The number of benzene rings is 2. The largest absolute Gasteiger partial charge is 0.497 e. The first-order valence-corrected chi connectivity index (χ1v) is 11.0. The zero-order valence-corrected chi connectivity index (χ0v) is 18.5. The van der Waals surface area contributed by atoms with Crippen molar-refractivity contribution in [3.63, 3.8) is 0 Å². The van der Waals surface area contributed by atoms with Gasteiger partial charge >= 0.3 is 0 Å². The van der Waals surface area contributed by atoms with Gasteiger partial charge in [0.05, 0.1) is 25.2 Å². The molecule has 2 aromatic heterocycles. The van der Waals surface area contributed by atoms with Crippen molar-refractivity contribution in [2.45, 2.75) is 25.4 Å². The predicted molar refractivity (Wildman–Crippen MR) is 125 cm³/mol. The molecule has 4 aromatic rings. The summed E-state index contributed by atoms with van der Waals surface area (Å²) in [5, 5.41) is 0. The van der Waals surface area contributed by atoms with Gasteiger partial charge in [0, 0.05) is 42.8 Å². The van der Waals surface area contributed by atoms with Crippen molar-refractivity contribution < 1.29 is 9.53 Å². The highest BCUT2D eigenvalue weighted by Gasteiger charge is 2.32.